The SMILES string of the molecule is O=C(Cc1ccccc1Cl)NCc1ccnc(Oc2ccccc2)c1. The van der Waals surface area contributed by atoms with Crippen LogP contribution in [0.2, 0.25) is 5.02 Å². The molecule has 0 saturated heterocycles. The van der Waals surface area contributed by atoms with Gasteiger partial charge in [0.25, 0.3) is 0 Å². The molecule has 0 aliphatic heterocycles. The fraction of sp³-hybridized carbons (Fsp3) is 0.100. The van der Waals surface area contributed by atoms with Gasteiger partial charge in [0.05, 0.1) is 6.42 Å². The van der Waals surface area contributed by atoms with E-state index in [1.54, 1.807) is 12.3 Å². The standard InChI is InChI=1S/C20H17ClN2O2/c21-18-9-5-4-6-16(18)13-19(24)23-14-15-10-11-22-20(12-15)25-17-7-2-1-3-8-17/h1-12H,13-14H2,(H,23,24). The van der Waals surface area contributed by atoms with Gasteiger partial charge < -0.3 is 10.1 Å². The Morgan fingerprint density at radius 3 is 2.60 bits per heavy atom. The predicted octanol–water partition coefficient (Wildman–Crippen LogP) is 4.39. The molecule has 126 valence electrons. The summed E-state index contributed by atoms with van der Waals surface area (Å²) in [7, 11) is 0. The molecule has 1 aromatic heterocycles. The van der Waals surface area contributed by atoms with Crippen molar-refractivity contribution in [1.29, 1.82) is 0 Å². The van der Waals surface area contributed by atoms with Crippen molar-refractivity contribution in [2.45, 2.75) is 13.0 Å². The number of benzene rings is 2. The van der Waals surface area contributed by atoms with E-state index >= 15 is 0 Å². The Labute approximate surface area is 151 Å². The van der Waals surface area contributed by atoms with Gasteiger partial charge in [-0.3, -0.25) is 4.79 Å². The summed E-state index contributed by atoms with van der Waals surface area (Å²) < 4.78 is 5.70. The van der Waals surface area contributed by atoms with Crippen molar-refractivity contribution in [3.63, 3.8) is 0 Å². The van der Waals surface area contributed by atoms with Crippen LogP contribution in [0.15, 0.2) is 72.9 Å². The number of para-hydroxylation sites is 1. The van der Waals surface area contributed by atoms with Crippen molar-refractivity contribution in [2.24, 2.45) is 0 Å². The molecule has 0 atom stereocenters. The Kier molecular flexibility index (Phi) is 5.65. The minimum atomic E-state index is -0.0876. The van der Waals surface area contributed by atoms with Crippen LogP contribution in [0.4, 0.5) is 0 Å². The zero-order valence-electron chi connectivity index (χ0n) is 13.5. The smallest absolute Gasteiger partial charge is 0.224 e. The predicted molar refractivity (Wildman–Crippen MR) is 97.8 cm³/mol. The van der Waals surface area contributed by atoms with Gasteiger partial charge in [0, 0.05) is 23.8 Å². The normalized spacial score (nSPS) is 10.3. The van der Waals surface area contributed by atoms with Crippen molar-refractivity contribution in [3.8, 4) is 11.6 Å². The van der Waals surface area contributed by atoms with E-state index in [1.165, 1.54) is 0 Å². The highest BCUT2D eigenvalue weighted by atomic mass is 35.5. The average Bonchev–Trinajstić information content (AvgIpc) is 2.63. The molecule has 1 amide bonds. The van der Waals surface area contributed by atoms with Crippen molar-refractivity contribution in [3.05, 3.63) is 89.1 Å². The summed E-state index contributed by atoms with van der Waals surface area (Å²) in [5.74, 6) is 1.12. The molecule has 0 aliphatic carbocycles. The van der Waals surface area contributed by atoms with Gasteiger partial charge in [-0.05, 0) is 35.4 Å². The van der Waals surface area contributed by atoms with Crippen molar-refractivity contribution in [1.82, 2.24) is 10.3 Å². The van der Waals surface area contributed by atoms with Gasteiger partial charge >= 0.3 is 0 Å². The molecule has 0 spiro atoms. The Morgan fingerprint density at radius 2 is 1.80 bits per heavy atom. The molecule has 5 heteroatoms. The lowest BCUT2D eigenvalue weighted by Gasteiger charge is -2.08. The lowest BCUT2D eigenvalue weighted by atomic mass is 10.1. The first kappa shape index (κ1) is 17.0. The Morgan fingerprint density at radius 1 is 1.04 bits per heavy atom. The number of aromatic nitrogens is 1. The summed E-state index contributed by atoms with van der Waals surface area (Å²) in [4.78, 5) is 16.3. The molecule has 0 unspecified atom stereocenters. The highest BCUT2D eigenvalue weighted by Crippen LogP contribution is 2.19. The lowest BCUT2D eigenvalue weighted by molar-refractivity contribution is -0.120. The lowest BCUT2D eigenvalue weighted by Crippen LogP contribution is -2.24. The van der Waals surface area contributed by atoms with E-state index in [2.05, 4.69) is 10.3 Å². The van der Waals surface area contributed by atoms with Gasteiger partial charge in [-0.25, -0.2) is 4.98 Å². The third-order valence-electron chi connectivity index (χ3n) is 3.56. The number of carbonyl (C=O) groups excluding carboxylic acids is 1. The monoisotopic (exact) mass is 352 g/mol. The fourth-order valence-corrected chi connectivity index (χ4v) is 2.51. The molecule has 1 heterocycles. The number of nitrogens with zero attached hydrogens (tertiary/aromatic N) is 1. The maximum atomic E-state index is 12.1. The molecule has 3 rings (SSSR count). The zero-order chi connectivity index (χ0) is 17.5. The summed E-state index contributed by atoms with van der Waals surface area (Å²) in [6.45, 7) is 0.400. The van der Waals surface area contributed by atoms with E-state index in [1.807, 2.05) is 60.7 Å². The first-order valence-corrected chi connectivity index (χ1v) is 8.26. The van der Waals surface area contributed by atoms with Crippen molar-refractivity contribution >= 4 is 17.5 Å². The summed E-state index contributed by atoms with van der Waals surface area (Å²) in [6.07, 6.45) is 1.91. The highest BCUT2D eigenvalue weighted by molar-refractivity contribution is 6.31. The number of ether oxygens (including phenoxy) is 1. The molecule has 25 heavy (non-hydrogen) atoms. The Balaban J connectivity index is 1.57. The Hall–Kier alpha value is -2.85. The first-order chi connectivity index (χ1) is 12.2. The summed E-state index contributed by atoms with van der Waals surface area (Å²) in [5.41, 5.74) is 1.72. The molecule has 0 saturated carbocycles. The molecule has 0 fully saturated rings. The second-order valence-corrected chi connectivity index (χ2v) is 5.87. The molecule has 2 aromatic carbocycles. The van der Waals surface area contributed by atoms with Gasteiger partial charge in [-0.2, -0.15) is 0 Å². The molecule has 0 radical (unpaired) electrons. The third-order valence-corrected chi connectivity index (χ3v) is 3.93. The van der Waals surface area contributed by atoms with Crippen LogP contribution in [0.3, 0.4) is 0 Å². The Bertz CT molecular complexity index is 853. The van der Waals surface area contributed by atoms with Gasteiger partial charge in [0.1, 0.15) is 5.75 Å². The van der Waals surface area contributed by atoms with Crippen LogP contribution in [0.5, 0.6) is 11.6 Å². The number of amides is 1. The topological polar surface area (TPSA) is 51.2 Å². The zero-order valence-corrected chi connectivity index (χ0v) is 14.2. The van der Waals surface area contributed by atoms with Gasteiger partial charge in [-0.15, -0.1) is 0 Å². The summed E-state index contributed by atoms with van der Waals surface area (Å²) >= 11 is 6.08. The average molecular weight is 353 g/mol. The van der Waals surface area contributed by atoms with Gasteiger partial charge in [0.2, 0.25) is 11.8 Å². The van der Waals surface area contributed by atoms with Crippen LogP contribution >= 0.6 is 11.6 Å². The molecule has 1 N–H and O–H groups in total. The van der Waals surface area contributed by atoms with Crippen LogP contribution in [-0.4, -0.2) is 10.9 Å². The molecular formula is C20H17ClN2O2. The molecule has 0 aliphatic rings. The summed E-state index contributed by atoms with van der Waals surface area (Å²) in [5, 5.41) is 3.48. The second kappa shape index (κ2) is 8.31. The van der Waals surface area contributed by atoms with Crippen LogP contribution in [0.25, 0.3) is 0 Å². The minimum Gasteiger partial charge on any atom is -0.439 e. The molecule has 4 nitrogen and oxygen atoms in total. The number of carbonyl (C=O) groups is 1. The maximum absolute atomic E-state index is 12.1. The quantitative estimate of drug-likeness (QED) is 0.716. The van der Waals surface area contributed by atoms with Crippen LogP contribution in [-0.2, 0) is 17.8 Å². The number of halogens is 1. The van der Waals surface area contributed by atoms with Gasteiger partial charge in [-0.1, -0.05) is 48.0 Å². The highest BCUT2D eigenvalue weighted by Gasteiger charge is 2.07. The van der Waals surface area contributed by atoms with Crippen molar-refractivity contribution in [2.75, 3.05) is 0 Å². The van der Waals surface area contributed by atoms with E-state index in [9.17, 15) is 4.79 Å². The van der Waals surface area contributed by atoms with Crippen LogP contribution < -0.4 is 10.1 Å². The second-order valence-electron chi connectivity index (χ2n) is 5.46. The largest absolute Gasteiger partial charge is 0.439 e. The summed E-state index contributed by atoms with van der Waals surface area (Å²) in [6, 6.07) is 20.4. The van der Waals surface area contributed by atoms with E-state index in [0.29, 0.717) is 17.4 Å². The fourth-order valence-electron chi connectivity index (χ4n) is 2.30. The molecular weight excluding hydrogens is 336 g/mol. The number of nitrogens with one attached hydrogen (secondary N) is 1. The number of hydrogen-bond donors (Lipinski definition) is 1. The number of hydrogen-bond acceptors (Lipinski definition) is 3. The van der Waals surface area contributed by atoms with E-state index in [0.717, 1.165) is 16.9 Å². The van der Waals surface area contributed by atoms with E-state index in [4.69, 9.17) is 16.3 Å². The van der Waals surface area contributed by atoms with Crippen molar-refractivity contribution < 1.29 is 9.53 Å². The molecule has 3 aromatic rings. The molecule has 0 bridgehead atoms. The van der Waals surface area contributed by atoms with Crippen LogP contribution in [0.1, 0.15) is 11.1 Å². The van der Waals surface area contributed by atoms with E-state index in [-0.39, 0.29) is 12.3 Å². The third kappa shape index (κ3) is 5.06. The maximum Gasteiger partial charge on any atom is 0.224 e. The van der Waals surface area contributed by atoms with Crippen LogP contribution in [0, 0.1) is 0 Å². The number of pyridine rings is 1. The minimum absolute atomic E-state index is 0.0876. The first-order valence-electron chi connectivity index (χ1n) is 7.88. The van der Waals surface area contributed by atoms with Gasteiger partial charge in [0.15, 0.2) is 0 Å². The number of rotatable bonds is 6. The van der Waals surface area contributed by atoms with E-state index < -0.39 is 0 Å².